The molecule has 1 unspecified atom stereocenters. The fourth-order valence-corrected chi connectivity index (χ4v) is 2.60. The van der Waals surface area contributed by atoms with Crippen LogP contribution in [-0.4, -0.2) is 23.3 Å². The van der Waals surface area contributed by atoms with Crippen LogP contribution in [0.2, 0.25) is 0 Å². The number of hydrogen-bond donors (Lipinski definition) is 1. The fraction of sp³-hybridized carbons (Fsp3) is 0.727. The molecule has 0 amide bonds. The molecule has 1 aromatic heterocycles. The van der Waals surface area contributed by atoms with E-state index in [0.29, 0.717) is 6.04 Å². The van der Waals surface area contributed by atoms with Crippen LogP contribution in [0.4, 0.5) is 0 Å². The summed E-state index contributed by atoms with van der Waals surface area (Å²) >= 11 is 1.71. The third-order valence-electron chi connectivity index (χ3n) is 2.64. The van der Waals surface area contributed by atoms with Gasteiger partial charge in [-0.2, -0.15) is 0 Å². The SMILES string of the molecule is CCCNC(CSc1ncco1)C1CC1. The molecule has 1 aliphatic rings. The van der Waals surface area contributed by atoms with Crippen molar-refractivity contribution < 1.29 is 4.42 Å². The Balaban J connectivity index is 1.74. The van der Waals surface area contributed by atoms with Gasteiger partial charge < -0.3 is 9.73 Å². The van der Waals surface area contributed by atoms with Gasteiger partial charge in [-0.25, -0.2) is 4.98 Å². The van der Waals surface area contributed by atoms with Gasteiger partial charge in [0.15, 0.2) is 0 Å². The first-order valence-electron chi connectivity index (χ1n) is 5.66. The molecule has 1 fully saturated rings. The van der Waals surface area contributed by atoms with Gasteiger partial charge in [-0.3, -0.25) is 0 Å². The lowest BCUT2D eigenvalue weighted by Crippen LogP contribution is -2.33. The predicted molar refractivity (Wildman–Crippen MR) is 62.0 cm³/mol. The molecule has 0 aromatic carbocycles. The highest BCUT2D eigenvalue weighted by atomic mass is 32.2. The fourth-order valence-electron chi connectivity index (χ4n) is 1.63. The van der Waals surface area contributed by atoms with Gasteiger partial charge in [0, 0.05) is 11.8 Å². The minimum Gasteiger partial charge on any atom is -0.440 e. The van der Waals surface area contributed by atoms with Gasteiger partial charge in [-0.1, -0.05) is 18.7 Å². The molecule has 2 rings (SSSR count). The van der Waals surface area contributed by atoms with Crippen LogP contribution in [0.1, 0.15) is 26.2 Å². The van der Waals surface area contributed by atoms with Crippen molar-refractivity contribution >= 4 is 11.8 Å². The molecule has 1 N–H and O–H groups in total. The second kappa shape index (κ2) is 5.56. The zero-order chi connectivity index (χ0) is 10.5. The quantitative estimate of drug-likeness (QED) is 0.725. The maximum Gasteiger partial charge on any atom is 0.255 e. The van der Waals surface area contributed by atoms with Gasteiger partial charge in [0.2, 0.25) is 0 Å². The summed E-state index contributed by atoms with van der Waals surface area (Å²) in [5, 5.41) is 4.39. The Kier molecular flexibility index (Phi) is 4.09. The molecule has 0 spiro atoms. The molecule has 1 atom stereocenters. The van der Waals surface area contributed by atoms with Crippen LogP contribution >= 0.6 is 11.8 Å². The van der Waals surface area contributed by atoms with Crippen molar-refractivity contribution in [2.75, 3.05) is 12.3 Å². The first-order valence-corrected chi connectivity index (χ1v) is 6.64. The number of oxazole rings is 1. The Morgan fingerprint density at radius 3 is 3.13 bits per heavy atom. The van der Waals surface area contributed by atoms with Crippen molar-refractivity contribution in [3.05, 3.63) is 12.5 Å². The highest BCUT2D eigenvalue weighted by Gasteiger charge is 2.30. The molecule has 4 heteroatoms. The largest absolute Gasteiger partial charge is 0.440 e. The third-order valence-corrected chi connectivity index (χ3v) is 3.62. The minimum absolute atomic E-state index is 0.641. The highest BCUT2D eigenvalue weighted by molar-refractivity contribution is 7.99. The Morgan fingerprint density at radius 2 is 2.53 bits per heavy atom. The summed E-state index contributed by atoms with van der Waals surface area (Å²) in [4.78, 5) is 4.12. The zero-order valence-corrected chi connectivity index (χ0v) is 9.93. The van der Waals surface area contributed by atoms with E-state index in [1.807, 2.05) is 0 Å². The lowest BCUT2D eigenvalue weighted by molar-refractivity contribution is 0.450. The average Bonchev–Trinajstić information content (AvgIpc) is 2.95. The van der Waals surface area contributed by atoms with Crippen molar-refractivity contribution in [3.8, 4) is 0 Å². The summed E-state index contributed by atoms with van der Waals surface area (Å²) in [6, 6.07) is 0.641. The van der Waals surface area contributed by atoms with Crippen molar-refractivity contribution in [2.24, 2.45) is 5.92 Å². The van der Waals surface area contributed by atoms with E-state index in [1.165, 1.54) is 19.3 Å². The van der Waals surface area contributed by atoms with Gasteiger partial charge >= 0.3 is 0 Å². The maximum atomic E-state index is 5.21. The van der Waals surface area contributed by atoms with Crippen LogP contribution < -0.4 is 5.32 Å². The van der Waals surface area contributed by atoms with Crippen LogP contribution in [0, 0.1) is 5.92 Å². The molecule has 1 saturated carbocycles. The molecule has 0 saturated heterocycles. The van der Waals surface area contributed by atoms with Crippen molar-refractivity contribution in [2.45, 2.75) is 37.5 Å². The third kappa shape index (κ3) is 3.54. The second-order valence-electron chi connectivity index (χ2n) is 4.01. The van der Waals surface area contributed by atoms with Crippen LogP contribution in [-0.2, 0) is 0 Å². The Bertz CT molecular complexity index is 272. The summed E-state index contributed by atoms with van der Waals surface area (Å²) in [5.74, 6) is 1.96. The monoisotopic (exact) mass is 226 g/mol. The predicted octanol–water partition coefficient (Wildman–Crippen LogP) is 2.54. The maximum absolute atomic E-state index is 5.21. The Morgan fingerprint density at radius 1 is 1.67 bits per heavy atom. The topological polar surface area (TPSA) is 38.1 Å². The summed E-state index contributed by atoms with van der Waals surface area (Å²) in [6.07, 6.45) is 7.30. The van der Waals surface area contributed by atoms with Crippen LogP contribution in [0.15, 0.2) is 22.1 Å². The number of thioether (sulfide) groups is 1. The van der Waals surface area contributed by atoms with Crippen molar-refractivity contribution in [1.29, 1.82) is 0 Å². The molecule has 1 heterocycles. The van der Waals surface area contributed by atoms with E-state index in [9.17, 15) is 0 Å². The van der Waals surface area contributed by atoms with Gasteiger partial charge in [0.25, 0.3) is 5.22 Å². The number of hydrogen-bond acceptors (Lipinski definition) is 4. The number of nitrogens with zero attached hydrogens (tertiary/aromatic N) is 1. The normalized spacial score (nSPS) is 17.9. The number of nitrogens with one attached hydrogen (secondary N) is 1. The highest BCUT2D eigenvalue weighted by Crippen LogP contribution is 2.34. The van der Waals surface area contributed by atoms with Gasteiger partial charge in [-0.15, -0.1) is 0 Å². The van der Waals surface area contributed by atoms with Gasteiger partial charge in [-0.05, 0) is 31.7 Å². The first-order chi connectivity index (χ1) is 7.40. The summed E-state index contributed by atoms with van der Waals surface area (Å²) in [5.41, 5.74) is 0. The summed E-state index contributed by atoms with van der Waals surface area (Å²) in [7, 11) is 0. The number of rotatable bonds is 7. The van der Waals surface area contributed by atoms with Gasteiger partial charge in [0.05, 0.1) is 6.20 Å². The lowest BCUT2D eigenvalue weighted by atomic mass is 10.2. The molecular formula is C11H18N2OS. The second-order valence-corrected chi connectivity index (χ2v) is 4.98. The first kappa shape index (κ1) is 11.0. The molecule has 1 aromatic rings. The van der Waals surface area contributed by atoms with E-state index in [0.717, 1.165) is 23.4 Å². The Labute approximate surface area is 95.0 Å². The van der Waals surface area contributed by atoms with Crippen molar-refractivity contribution in [1.82, 2.24) is 10.3 Å². The molecule has 3 nitrogen and oxygen atoms in total. The lowest BCUT2D eigenvalue weighted by Gasteiger charge is -2.16. The molecule has 0 radical (unpaired) electrons. The molecule has 15 heavy (non-hydrogen) atoms. The van der Waals surface area contributed by atoms with E-state index < -0.39 is 0 Å². The van der Waals surface area contributed by atoms with E-state index in [-0.39, 0.29) is 0 Å². The summed E-state index contributed by atoms with van der Waals surface area (Å²) < 4.78 is 5.21. The molecular weight excluding hydrogens is 208 g/mol. The van der Waals surface area contributed by atoms with Gasteiger partial charge in [0.1, 0.15) is 6.26 Å². The minimum atomic E-state index is 0.641. The zero-order valence-electron chi connectivity index (χ0n) is 9.11. The van der Waals surface area contributed by atoms with Crippen LogP contribution in [0.3, 0.4) is 0 Å². The molecule has 1 aliphatic carbocycles. The van der Waals surface area contributed by atoms with Crippen LogP contribution in [0.5, 0.6) is 0 Å². The van der Waals surface area contributed by atoms with Crippen molar-refractivity contribution in [3.63, 3.8) is 0 Å². The smallest absolute Gasteiger partial charge is 0.255 e. The summed E-state index contributed by atoms with van der Waals surface area (Å²) in [6.45, 7) is 3.32. The van der Waals surface area contributed by atoms with Crippen LogP contribution in [0.25, 0.3) is 0 Å². The van der Waals surface area contributed by atoms with E-state index in [4.69, 9.17) is 4.42 Å². The molecule has 0 aliphatic heterocycles. The van der Waals surface area contributed by atoms with E-state index in [1.54, 1.807) is 24.2 Å². The standard InChI is InChI=1S/C11H18N2OS/c1-2-5-12-10(9-3-4-9)8-15-11-13-6-7-14-11/h6-7,9-10,12H,2-5,8H2,1H3. The molecule has 0 bridgehead atoms. The van der Waals surface area contributed by atoms with E-state index >= 15 is 0 Å². The van der Waals surface area contributed by atoms with E-state index in [2.05, 4.69) is 17.2 Å². The number of aromatic nitrogens is 1. The Hall–Kier alpha value is -0.480. The average molecular weight is 226 g/mol. The molecule has 84 valence electrons.